The second-order valence-electron chi connectivity index (χ2n) is 4.31. The predicted molar refractivity (Wildman–Crippen MR) is 75.4 cm³/mol. The number of hydrogen-bond donors (Lipinski definition) is 1. The van der Waals surface area contributed by atoms with Crippen LogP contribution in [0.25, 0.3) is 0 Å². The molecule has 2 rings (SSSR count). The fraction of sp³-hybridized carbons (Fsp3) is 0.286. The van der Waals surface area contributed by atoms with Crippen molar-refractivity contribution in [2.75, 3.05) is 19.5 Å². The van der Waals surface area contributed by atoms with Crippen LogP contribution in [-0.4, -0.2) is 29.9 Å². The van der Waals surface area contributed by atoms with E-state index in [0.29, 0.717) is 22.9 Å². The molecular formula is C14H17N3O3. The lowest BCUT2D eigenvalue weighted by atomic mass is 10.2. The third-order valence-corrected chi connectivity index (χ3v) is 2.89. The van der Waals surface area contributed by atoms with Gasteiger partial charge in [0, 0.05) is 13.1 Å². The maximum atomic E-state index is 12.2. The highest BCUT2D eigenvalue weighted by molar-refractivity contribution is 6.04. The van der Waals surface area contributed by atoms with Crippen molar-refractivity contribution in [3.8, 4) is 11.5 Å². The van der Waals surface area contributed by atoms with Crippen LogP contribution in [0.2, 0.25) is 0 Å². The van der Waals surface area contributed by atoms with Crippen LogP contribution in [0.3, 0.4) is 0 Å². The van der Waals surface area contributed by atoms with Gasteiger partial charge in [0.2, 0.25) is 0 Å². The molecule has 1 aromatic heterocycles. The average molecular weight is 275 g/mol. The van der Waals surface area contributed by atoms with E-state index < -0.39 is 0 Å². The van der Waals surface area contributed by atoms with Crippen LogP contribution in [0.15, 0.2) is 24.3 Å². The van der Waals surface area contributed by atoms with E-state index in [2.05, 4.69) is 10.4 Å². The fourth-order valence-electron chi connectivity index (χ4n) is 1.91. The highest BCUT2D eigenvalue weighted by Gasteiger charge is 2.14. The number of carbonyl (C=O) groups excluding carboxylic acids is 1. The van der Waals surface area contributed by atoms with Gasteiger partial charge in [-0.1, -0.05) is 0 Å². The lowest BCUT2D eigenvalue weighted by Gasteiger charge is -2.11. The first kappa shape index (κ1) is 13.9. The summed E-state index contributed by atoms with van der Waals surface area (Å²) in [6.45, 7) is 1.84. The first-order valence-corrected chi connectivity index (χ1v) is 6.09. The van der Waals surface area contributed by atoms with Crippen molar-refractivity contribution < 1.29 is 14.3 Å². The summed E-state index contributed by atoms with van der Waals surface area (Å²) in [6.07, 6.45) is 0. The molecular weight excluding hydrogens is 258 g/mol. The van der Waals surface area contributed by atoms with E-state index in [4.69, 9.17) is 9.47 Å². The molecule has 20 heavy (non-hydrogen) atoms. The van der Waals surface area contributed by atoms with Crippen LogP contribution in [0.4, 0.5) is 5.69 Å². The normalized spacial score (nSPS) is 10.2. The van der Waals surface area contributed by atoms with Crippen molar-refractivity contribution >= 4 is 11.6 Å². The van der Waals surface area contributed by atoms with Gasteiger partial charge in [0.15, 0.2) is 0 Å². The number of amides is 1. The van der Waals surface area contributed by atoms with Crippen molar-refractivity contribution in [3.05, 3.63) is 35.7 Å². The number of rotatable bonds is 4. The fourth-order valence-corrected chi connectivity index (χ4v) is 1.91. The minimum Gasteiger partial charge on any atom is -0.497 e. The van der Waals surface area contributed by atoms with Gasteiger partial charge in [0.05, 0.1) is 25.6 Å². The van der Waals surface area contributed by atoms with Crippen LogP contribution in [0, 0.1) is 6.92 Å². The maximum absolute atomic E-state index is 12.2. The molecule has 0 bridgehead atoms. The zero-order valence-electron chi connectivity index (χ0n) is 11.9. The first-order valence-electron chi connectivity index (χ1n) is 6.09. The molecule has 1 heterocycles. The topological polar surface area (TPSA) is 65.4 Å². The summed E-state index contributed by atoms with van der Waals surface area (Å²) in [6, 6.07) is 6.93. The van der Waals surface area contributed by atoms with Gasteiger partial charge in [-0.25, -0.2) is 0 Å². The Morgan fingerprint density at radius 3 is 2.55 bits per heavy atom. The minimum absolute atomic E-state index is 0.239. The number of aromatic nitrogens is 2. The van der Waals surface area contributed by atoms with Gasteiger partial charge in [0.1, 0.15) is 17.2 Å². The maximum Gasteiger partial charge on any atom is 0.274 e. The highest BCUT2D eigenvalue weighted by Crippen LogP contribution is 2.29. The molecule has 0 aliphatic carbocycles. The van der Waals surface area contributed by atoms with Crippen molar-refractivity contribution in [2.24, 2.45) is 7.05 Å². The Labute approximate surface area is 117 Å². The smallest absolute Gasteiger partial charge is 0.274 e. The van der Waals surface area contributed by atoms with E-state index in [1.54, 1.807) is 50.2 Å². The molecule has 0 atom stereocenters. The molecule has 2 aromatic rings. The molecule has 0 unspecified atom stereocenters. The van der Waals surface area contributed by atoms with Crippen LogP contribution < -0.4 is 14.8 Å². The van der Waals surface area contributed by atoms with Crippen LogP contribution in [0.5, 0.6) is 11.5 Å². The number of ether oxygens (including phenoxy) is 2. The Balaban J connectivity index is 2.25. The second-order valence-corrected chi connectivity index (χ2v) is 4.31. The third kappa shape index (κ3) is 2.74. The van der Waals surface area contributed by atoms with E-state index in [-0.39, 0.29) is 5.91 Å². The summed E-state index contributed by atoms with van der Waals surface area (Å²) in [5.74, 6) is 0.962. The highest BCUT2D eigenvalue weighted by atomic mass is 16.5. The third-order valence-electron chi connectivity index (χ3n) is 2.89. The number of nitrogens with zero attached hydrogens (tertiary/aromatic N) is 2. The molecule has 1 N–H and O–H groups in total. The number of nitrogens with one attached hydrogen (secondary N) is 1. The van der Waals surface area contributed by atoms with Crippen molar-refractivity contribution in [2.45, 2.75) is 6.92 Å². The molecule has 1 aromatic carbocycles. The average Bonchev–Trinajstić information content (AvgIpc) is 2.78. The minimum atomic E-state index is -0.239. The Hall–Kier alpha value is -2.50. The molecule has 0 aliphatic rings. The summed E-state index contributed by atoms with van der Waals surface area (Å²) in [5.41, 5.74) is 1.86. The Morgan fingerprint density at radius 2 is 2.00 bits per heavy atom. The van der Waals surface area contributed by atoms with E-state index in [0.717, 1.165) is 5.69 Å². The van der Waals surface area contributed by atoms with Crippen LogP contribution in [0.1, 0.15) is 16.2 Å². The Morgan fingerprint density at radius 1 is 1.25 bits per heavy atom. The van der Waals surface area contributed by atoms with Gasteiger partial charge >= 0.3 is 0 Å². The van der Waals surface area contributed by atoms with E-state index in [1.165, 1.54) is 0 Å². The van der Waals surface area contributed by atoms with Crippen molar-refractivity contribution in [1.29, 1.82) is 0 Å². The molecule has 0 aliphatic heterocycles. The largest absolute Gasteiger partial charge is 0.497 e. The molecule has 0 saturated carbocycles. The number of aryl methyl sites for hydroxylation is 2. The zero-order valence-corrected chi connectivity index (χ0v) is 11.9. The van der Waals surface area contributed by atoms with Crippen molar-refractivity contribution in [3.63, 3.8) is 0 Å². The van der Waals surface area contributed by atoms with E-state index in [9.17, 15) is 4.79 Å². The molecule has 6 heteroatoms. The van der Waals surface area contributed by atoms with Crippen LogP contribution in [-0.2, 0) is 7.05 Å². The monoisotopic (exact) mass is 275 g/mol. The number of hydrogen-bond acceptors (Lipinski definition) is 4. The van der Waals surface area contributed by atoms with Gasteiger partial charge in [-0.15, -0.1) is 0 Å². The molecule has 1 amide bonds. The van der Waals surface area contributed by atoms with E-state index in [1.807, 2.05) is 6.92 Å². The summed E-state index contributed by atoms with van der Waals surface area (Å²) < 4.78 is 11.9. The summed E-state index contributed by atoms with van der Waals surface area (Å²) >= 11 is 0. The Kier molecular flexibility index (Phi) is 3.93. The lowest BCUT2D eigenvalue weighted by Crippen LogP contribution is -2.16. The van der Waals surface area contributed by atoms with Gasteiger partial charge in [0.25, 0.3) is 5.91 Å². The van der Waals surface area contributed by atoms with Gasteiger partial charge in [-0.05, 0) is 25.1 Å². The summed E-state index contributed by atoms with van der Waals surface area (Å²) in [4.78, 5) is 12.2. The molecule has 0 radical (unpaired) electrons. The number of anilines is 1. The number of carbonyl (C=O) groups is 1. The van der Waals surface area contributed by atoms with Crippen LogP contribution >= 0.6 is 0 Å². The Bertz CT molecular complexity index is 635. The number of benzene rings is 1. The number of methoxy groups -OCH3 is 2. The second kappa shape index (κ2) is 5.64. The van der Waals surface area contributed by atoms with Crippen molar-refractivity contribution in [1.82, 2.24) is 9.78 Å². The molecule has 0 fully saturated rings. The molecule has 0 saturated heterocycles. The summed E-state index contributed by atoms with van der Waals surface area (Å²) in [5, 5.41) is 6.95. The van der Waals surface area contributed by atoms with Gasteiger partial charge in [-0.3, -0.25) is 9.48 Å². The van der Waals surface area contributed by atoms with E-state index >= 15 is 0 Å². The molecule has 0 spiro atoms. The summed E-state index contributed by atoms with van der Waals surface area (Å²) in [7, 11) is 4.84. The van der Waals surface area contributed by atoms with Gasteiger partial charge in [-0.2, -0.15) is 5.10 Å². The first-order chi connectivity index (χ1) is 9.55. The molecule has 106 valence electrons. The quantitative estimate of drug-likeness (QED) is 0.926. The zero-order chi connectivity index (χ0) is 14.7. The predicted octanol–water partition coefficient (Wildman–Crippen LogP) is 2.00. The van der Waals surface area contributed by atoms with Gasteiger partial charge < -0.3 is 14.8 Å². The SMILES string of the molecule is COc1ccc(NC(=O)c2cc(C)nn2C)c(OC)c1. The standard InChI is InChI=1S/C14H17N3O3/c1-9-7-12(17(2)16-9)14(18)15-11-6-5-10(19-3)8-13(11)20-4/h5-8H,1-4H3,(H,15,18). The molecule has 6 nitrogen and oxygen atoms in total. The lowest BCUT2D eigenvalue weighted by molar-refractivity contribution is 0.101.